The highest BCUT2D eigenvalue weighted by Crippen LogP contribution is 2.49. The number of benzene rings is 3. The van der Waals surface area contributed by atoms with Gasteiger partial charge in [-0.15, -0.1) is 0 Å². The van der Waals surface area contributed by atoms with Gasteiger partial charge in [0, 0.05) is 28.9 Å². The fraction of sp³-hybridized carbons (Fsp3) is 0.265. The Bertz CT molecular complexity index is 1450. The van der Waals surface area contributed by atoms with E-state index in [0.29, 0.717) is 5.92 Å². The maximum atomic E-state index is 5.30. The molecule has 3 heteroatoms. The summed E-state index contributed by atoms with van der Waals surface area (Å²) >= 11 is 0. The van der Waals surface area contributed by atoms with Crippen molar-refractivity contribution in [2.45, 2.75) is 47.5 Å². The summed E-state index contributed by atoms with van der Waals surface area (Å²) in [7, 11) is 0. The zero-order valence-electron chi connectivity index (χ0n) is 22.8. The van der Waals surface area contributed by atoms with Crippen LogP contribution in [0.5, 0.6) is 0 Å². The van der Waals surface area contributed by atoms with Crippen LogP contribution in [-0.4, -0.2) is 14.3 Å². The van der Waals surface area contributed by atoms with Gasteiger partial charge in [0.15, 0.2) is 0 Å². The van der Waals surface area contributed by atoms with Crippen LogP contribution in [0.25, 0.3) is 33.9 Å². The molecule has 5 rings (SSSR count). The molecule has 37 heavy (non-hydrogen) atoms. The molecule has 0 unspecified atom stereocenters. The molecule has 0 bridgehead atoms. The molecule has 0 N–H and O–H groups in total. The number of hydrogen-bond acceptors (Lipinski definition) is 1. The van der Waals surface area contributed by atoms with Gasteiger partial charge < -0.3 is 4.57 Å². The molecule has 5 aromatic rings. The van der Waals surface area contributed by atoms with Crippen molar-refractivity contribution < 1.29 is 0 Å². The Hall–Kier alpha value is -3.85. The summed E-state index contributed by atoms with van der Waals surface area (Å²) in [5.41, 5.74) is 7.91. The Morgan fingerprint density at radius 3 is 1.65 bits per heavy atom. The Morgan fingerprint density at radius 1 is 0.595 bits per heavy atom. The molecule has 2 heterocycles. The molecule has 0 saturated carbocycles. The van der Waals surface area contributed by atoms with Crippen molar-refractivity contribution in [1.82, 2.24) is 14.3 Å². The van der Waals surface area contributed by atoms with E-state index in [4.69, 9.17) is 5.10 Å². The number of rotatable bonds is 5. The summed E-state index contributed by atoms with van der Waals surface area (Å²) < 4.78 is 4.51. The minimum absolute atomic E-state index is 0.0730. The fourth-order valence-corrected chi connectivity index (χ4v) is 6.06. The van der Waals surface area contributed by atoms with Crippen LogP contribution in [0.2, 0.25) is 0 Å². The van der Waals surface area contributed by atoms with E-state index in [1.165, 1.54) is 5.69 Å². The summed E-state index contributed by atoms with van der Waals surface area (Å²) in [6.45, 7) is 14.1. The van der Waals surface area contributed by atoms with Gasteiger partial charge >= 0.3 is 0 Å². The Balaban J connectivity index is 1.89. The topological polar surface area (TPSA) is 22.8 Å². The molecule has 0 spiro atoms. The first-order chi connectivity index (χ1) is 17.7. The van der Waals surface area contributed by atoms with Crippen LogP contribution >= 0.6 is 0 Å². The summed E-state index contributed by atoms with van der Waals surface area (Å²) in [4.78, 5) is 0. The molecule has 0 radical (unpaired) electrons. The molecular weight excluding hydrogens is 450 g/mol. The summed E-state index contributed by atoms with van der Waals surface area (Å²) in [6, 6.07) is 36.1. The molecule has 3 aromatic carbocycles. The van der Waals surface area contributed by atoms with Crippen molar-refractivity contribution >= 4 is 0 Å². The van der Waals surface area contributed by atoms with Crippen LogP contribution in [-0.2, 0) is 0 Å². The zero-order chi connectivity index (χ0) is 26.2. The van der Waals surface area contributed by atoms with E-state index < -0.39 is 0 Å². The number of hydrogen-bond donors (Lipinski definition) is 0. The van der Waals surface area contributed by atoms with Gasteiger partial charge in [-0.05, 0) is 35.1 Å². The minimum Gasteiger partial charge on any atom is -0.317 e. The van der Waals surface area contributed by atoms with E-state index in [9.17, 15) is 0 Å². The molecular formula is C34H37N3. The largest absolute Gasteiger partial charge is 0.317 e. The molecule has 0 amide bonds. The average Bonchev–Trinajstić information content (AvgIpc) is 3.48. The van der Waals surface area contributed by atoms with E-state index in [0.717, 1.165) is 33.9 Å². The second kappa shape index (κ2) is 9.55. The lowest BCUT2D eigenvalue weighted by Crippen LogP contribution is -2.32. The van der Waals surface area contributed by atoms with Crippen molar-refractivity contribution in [3.63, 3.8) is 0 Å². The predicted molar refractivity (Wildman–Crippen MR) is 155 cm³/mol. The van der Waals surface area contributed by atoms with E-state index in [1.807, 2.05) is 0 Å². The van der Waals surface area contributed by atoms with Gasteiger partial charge in [0.2, 0.25) is 0 Å². The van der Waals surface area contributed by atoms with Gasteiger partial charge in [0.1, 0.15) is 11.4 Å². The van der Waals surface area contributed by atoms with Crippen LogP contribution in [0.1, 0.15) is 53.2 Å². The van der Waals surface area contributed by atoms with Gasteiger partial charge in [-0.3, -0.25) is 0 Å². The smallest absolute Gasteiger partial charge is 0.117 e. The number of para-hydroxylation sites is 1. The fourth-order valence-electron chi connectivity index (χ4n) is 6.06. The summed E-state index contributed by atoms with van der Waals surface area (Å²) in [5, 5.41) is 5.30. The van der Waals surface area contributed by atoms with Crippen molar-refractivity contribution in [1.29, 1.82) is 0 Å². The van der Waals surface area contributed by atoms with Crippen molar-refractivity contribution in [3.05, 3.63) is 115 Å². The molecule has 3 nitrogen and oxygen atoms in total. The molecule has 188 valence electrons. The second-order valence-corrected chi connectivity index (χ2v) is 12.0. The minimum atomic E-state index is 0.0730. The van der Waals surface area contributed by atoms with Crippen molar-refractivity contribution in [3.8, 4) is 33.9 Å². The second-order valence-electron chi connectivity index (χ2n) is 12.0. The van der Waals surface area contributed by atoms with Crippen molar-refractivity contribution in [2.24, 2.45) is 10.8 Å². The SMILES string of the molecule is CC(C)(C)C(c1cccn1-c1c(-c2ccccc2)nn(-c2ccccc2)c1-c1ccccc1)C(C)(C)C. The molecule has 0 aliphatic carbocycles. The van der Waals surface area contributed by atoms with Gasteiger partial charge in [0.05, 0.1) is 11.4 Å². The molecule has 0 atom stereocenters. The first-order valence-corrected chi connectivity index (χ1v) is 13.1. The average molecular weight is 488 g/mol. The standard InChI is InChI=1S/C34H37N3/c1-33(2,3)32(34(4,5)6)28-23-16-24-36(28)31-29(25-17-10-7-11-18-25)35-37(27-21-14-9-15-22-27)30(31)26-19-12-8-13-20-26/h7-24,32H,1-6H3. The third-order valence-electron chi connectivity index (χ3n) is 7.00. The van der Waals surface area contributed by atoms with E-state index >= 15 is 0 Å². The zero-order valence-corrected chi connectivity index (χ0v) is 22.8. The maximum Gasteiger partial charge on any atom is 0.117 e. The monoisotopic (exact) mass is 487 g/mol. The summed E-state index contributed by atoms with van der Waals surface area (Å²) in [6.07, 6.45) is 2.21. The van der Waals surface area contributed by atoms with Crippen LogP contribution < -0.4 is 0 Å². The van der Waals surface area contributed by atoms with Crippen molar-refractivity contribution in [2.75, 3.05) is 0 Å². The number of aromatic nitrogens is 3. The third kappa shape index (κ3) is 4.79. The highest BCUT2D eigenvalue weighted by Gasteiger charge is 2.39. The van der Waals surface area contributed by atoms with Gasteiger partial charge in [-0.1, -0.05) is 120 Å². The molecule has 0 aliphatic rings. The molecule has 0 aliphatic heterocycles. The first kappa shape index (κ1) is 24.8. The molecule has 2 aromatic heterocycles. The van der Waals surface area contributed by atoms with Crippen LogP contribution in [0.4, 0.5) is 0 Å². The van der Waals surface area contributed by atoms with Gasteiger partial charge in [-0.25, -0.2) is 4.68 Å². The highest BCUT2D eigenvalue weighted by molar-refractivity contribution is 5.83. The van der Waals surface area contributed by atoms with Gasteiger partial charge in [0.25, 0.3) is 0 Å². The lowest BCUT2D eigenvalue weighted by atomic mass is 9.65. The maximum absolute atomic E-state index is 5.30. The Morgan fingerprint density at radius 2 is 1.11 bits per heavy atom. The first-order valence-electron chi connectivity index (χ1n) is 13.1. The molecule has 0 fully saturated rings. The lowest BCUT2D eigenvalue weighted by Gasteiger charge is -2.41. The summed E-state index contributed by atoms with van der Waals surface area (Å²) in [5.74, 6) is 0.322. The Labute approximate surface area is 221 Å². The van der Waals surface area contributed by atoms with Gasteiger partial charge in [-0.2, -0.15) is 5.10 Å². The van der Waals surface area contributed by atoms with Crippen LogP contribution in [0, 0.1) is 10.8 Å². The Kier molecular flexibility index (Phi) is 6.41. The number of nitrogens with zero attached hydrogens (tertiary/aromatic N) is 3. The lowest BCUT2D eigenvalue weighted by molar-refractivity contribution is 0.170. The molecule has 0 saturated heterocycles. The third-order valence-corrected chi connectivity index (χ3v) is 7.00. The highest BCUT2D eigenvalue weighted by atomic mass is 15.3. The van der Waals surface area contributed by atoms with E-state index in [-0.39, 0.29) is 10.8 Å². The quantitative estimate of drug-likeness (QED) is 0.242. The van der Waals surface area contributed by atoms with E-state index in [1.54, 1.807) is 0 Å². The van der Waals surface area contributed by atoms with E-state index in [2.05, 4.69) is 160 Å². The normalized spacial score (nSPS) is 12.3. The van der Waals surface area contributed by atoms with Crippen LogP contribution in [0.3, 0.4) is 0 Å². The predicted octanol–water partition coefficient (Wildman–Crippen LogP) is 9.17. The van der Waals surface area contributed by atoms with Crippen LogP contribution in [0.15, 0.2) is 109 Å².